The van der Waals surface area contributed by atoms with Crippen LogP contribution < -0.4 is 0 Å². The van der Waals surface area contributed by atoms with Crippen molar-refractivity contribution in [1.82, 2.24) is 0 Å². The molecule has 2 N–H and O–H groups in total. The van der Waals surface area contributed by atoms with E-state index in [1.54, 1.807) is 0 Å². The molecule has 0 saturated carbocycles. The highest BCUT2D eigenvalue weighted by Crippen LogP contribution is 2.14. The monoisotopic (exact) mass is 282 g/mol. The van der Waals surface area contributed by atoms with Gasteiger partial charge in [-0.2, -0.15) is 0 Å². The van der Waals surface area contributed by atoms with E-state index in [2.05, 4.69) is 9.47 Å². The number of esters is 2. The van der Waals surface area contributed by atoms with Gasteiger partial charge in [0.25, 0.3) is 0 Å². The third-order valence-corrected chi connectivity index (χ3v) is 3.87. The van der Waals surface area contributed by atoms with E-state index in [4.69, 9.17) is 10.2 Å². The predicted octanol–water partition coefficient (Wildman–Crippen LogP) is -2.39. The molecular formula is C9H14O8S. The molecule has 104 valence electrons. The lowest BCUT2D eigenvalue weighted by Crippen LogP contribution is -2.33. The van der Waals surface area contributed by atoms with Crippen LogP contribution in [0.15, 0.2) is 0 Å². The van der Waals surface area contributed by atoms with Crippen molar-refractivity contribution in [2.75, 3.05) is 19.5 Å². The Morgan fingerprint density at radius 2 is 1.78 bits per heavy atom. The smallest absolute Gasteiger partial charge is 0.336 e. The van der Waals surface area contributed by atoms with Crippen LogP contribution in [0.2, 0.25) is 0 Å². The second kappa shape index (κ2) is 5.63. The molecule has 2 saturated heterocycles. The van der Waals surface area contributed by atoms with E-state index in [-0.39, 0.29) is 25.6 Å². The molecule has 0 aromatic heterocycles. The zero-order valence-electron chi connectivity index (χ0n) is 9.61. The highest BCUT2D eigenvalue weighted by molar-refractivity contribution is 7.91. The Kier molecular flexibility index (Phi) is 4.65. The molecule has 0 amide bonds. The molecule has 2 heterocycles. The molecule has 0 radical (unpaired) electrons. The molecule has 1 unspecified atom stereocenters. The van der Waals surface area contributed by atoms with Crippen molar-refractivity contribution in [2.45, 2.75) is 23.9 Å². The van der Waals surface area contributed by atoms with Crippen molar-refractivity contribution in [1.29, 1.82) is 0 Å². The van der Waals surface area contributed by atoms with Crippen LogP contribution in [-0.2, 0) is 28.9 Å². The lowest BCUT2D eigenvalue weighted by molar-refractivity contribution is -0.144. The molecule has 0 aromatic rings. The van der Waals surface area contributed by atoms with Crippen molar-refractivity contribution in [2.24, 2.45) is 0 Å². The SMILES string of the molecule is CS(=O)(=O)C1COC(=O)[C@@H]1O.O=C1C[C@H](O)CO1. The predicted molar refractivity (Wildman–Crippen MR) is 57.2 cm³/mol. The van der Waals surface area contributed by atoms with Gasteiger partial charge in [0.2, 0.25) is 0 Å². The molecule has 0 aliphatic carbocycles. The zero-order valence-corrected chi connectivity index (χ0v) is 10.4. The maximum Gasteiger partial charge on any atom is 0.336 e. The van der Waals surface area contributed by atoms with Crippen molar-refractivity contribution in [3.8, 4) is 0 Å². The van der Waals surface area contributed by atoms with Crippen LogP contribution in [0.3, 0.4) is 0 Å². The molecule has 0 bridgehead atoms. The minimum Gasteiger partial charge on any atom is -0.463 e. The molecule has 2 aliphatic rings. The maximum absolute atomic E-state index is 10.8. The summed E-state index contributed by atoms with van der Waals surface area (Å²) in [6.07, 6.45) is -0.930. The highest BCUT2D eigenvalue weighted by atomic mass is 32.2. The number of cyclic esters (lactones) is 2. The van der Waals surface area contributed by atoms with E-state index in [1.807, 2.05) is 0 Å². The second-order valence-corrected chi connectivity index (χ2v) is 6.25. The van der Waals surface area contributed by atoms with Crippen molar-refractivity contribution < 1.29 is 37.7 Å². The minimum absolute atomic E-state index is 0.167. The molecular weight excluding hydrogens is 268 g/mol. The number of hydrogen-bond donors (Lipinski definition) is 2. The summed E-state index contributed by atoms with van der Waals surface area (Å²) in [6.45, 7) is -0.0579. The molecule has 3 atom stereocenters. The van der Waals surface area contributed by atoms with Crippen LogP contribution in [0.5, 0.6) is 0 Å². The van der Waals surface area contributed by atoms with Gasteiger partial charge in [-0.25, -0.2) is 13.2 Å². The molecule has 0 spiro atoms. The quantitative estimate of drug-likeness (QED) is 0.510. The van der Waals surface area contributed by atoms with E-state index in [9.17, 15) is 18.0 Å². The lowest BCUT2D eigenvalue weighted by atomic mass is 10.3. The summed E-state index contributed by atoms with van der Waals surface area (Å²) in [5.41, 5.74) is 0. The summed E-state index contributed by atoms with van der Waals surface area (Å²) < 4.78 is 30.3. The summed E-state index contributed by atoms with van der Waals surface area (Å²) in [4.78, 5) is 20.6. The average molecular weight is 282 g/mol. The molecule has 18 heavy (non-hydrogen) atoms. The minimum atomic E-state index is -3.38. The first-order valence-corrected chi connectivity index (χ1v) is 7.04. The molecule has 9 heteroatoms. The maximum atomic E-state index is 10.8. The third-order valence-electron chi connectivity index (χ3n) is 2.37. The summed E-state index contributed by atoms with van der Waals surface area (Å²) >= 11 is 0. The zero-order chi connectivity index (χ0) is 13.9. The molecule has 2 aliphatic heterocycles. The Morgan fingerprint density at radius 1 is 1.17 bits per heavy atom. The van der Waals surface area contributed by atoms with Gasteiger partial charge in [0.05, 0.1) is 12.5 Å². The van der Waals surface area contributed by atoms with Crippen LogP contribution in [0.4, 0.5) is 0 Å². The lowest BCUT2D eigenvalue weighted by Gasteiger charge is -2.05. The topological polar surface area (TPSA) is 127 Å². The Morgan fingerprint density at radius 3 is 1.94 bits per heavy atom. The summed E-state index contributed by atoms with van der Waals surface area (Å²) in [5, 5.41) is 16.4. The Balaban J connectivity index is 0.000000199. The standard InChI is InChI=1S/C5H8O5S.C4H6O3/c1-11(8,9)3-2-10-5(7)4(3)6;5-3-1-4(6)7-2-3/h3-4,6H,2H2,1H3;3,5H,1-2H2/t3?,4-;3-/m10/s1. The first-order chi connectivity index (χ1) is 8.21. The van der Waals surface area contributed by atoms with Gasteiger partial charge in [0.15, 0.2) is 15.9 Å². The van der Waals surface area contributed by atoms with Crippen LogP contribution in [0, 0.1) is 0 Å². The van der Waals surface area contributed by atoms with Gasteiger partial charge in [-0.05, 0) is 0 Å². The number of sulfone groups is 1. The first-order valence-electron chi connectivity index (χ1n) is 5.09. The van der Waals surface area contributed by atoms with E-state index < -0.39 is 33.3 Å². The average Bonchev–Trinajstić information content (AvgIpc) is 2.75. The summed E-state index contributed by atoms with van der Waals surface area (Å²) in [7, 11) is -3.38. The van der Waals surface area contributed by atoms with Gasteiger partial charge >= 0.3 is 11.9 Å². The van der Waals surface area contributed by atoms with Crippen LogP contribution in [0.25, 0.3) is 0 Å². The van der Waals surface area contributed by atoms with Crippen LogP contribution in [-0.4, -0.2) is 67.5 Å². The van der Waals surface area contributed by atoms with Crippen molar-refractivity contribution >= 4 is 21.8 Å². The third kappa shape index (κ3) is 3.93. The number of aliphatic hydroxyl groups excluding tert-OH is 2. The Hall–Kier alpha value is -1.19. The fraction of sp³-hybridized carbons (Fsp3) is 0.778. The van der Waals surface area contributed by atoms with Gasteiger partial charge < -0.3 is 19.7 Å². The fourth-order valence-corrected chi connectivity index (χ4v) is 2.24. The number of ether oxygens (including phenoxy) is 2. The van der Waals surface area contributed by atoms with E-state index in [1.165, 1.54) is 0 Å². The van der Waals surface area contributed by atoms with Gasteiger partial charge in [0, 0.05) is 6.26 Å². The van der Waals surface area contributed by atoms with Crippen LogP contribution in [0.1, 0.15) is 6.42 Å². The van der Waals surface area contributed by atoms with Gasteiger partial charge in [-0.3, -0.25) is 4.79 Å². The number of carbonyl (C=O) groups excluding carboxylic acids is 2. The number of aliphatic hydroxyl groups is 2. The van der Waals surface area contributed by atoms with E-state index >= 15 is 0 Å². The van der Waals surface area contributed by atoms with Gasteiger partial charge in [0.1, 0.15) is 18.5 Å². The summed E-state index contributed by atoms with van der Waals surface area (Å²) in [5.74, 6) is -1.16. The van der Waals surface area contributed by atoms with Crippen LogP contribution >= 0.6 is 0 Å². The molecule has 8 nitrogen and oxygen atoms in total. The fourth-order valence-electron chi connectivity index (χ4n) is 1.35. The molecule has 2 rings (SSSR count). The Bertz CT molecular complexity index is 428. The van der Waals surface area contributed by atoms with E-state index in [0.29, 0.717) is 0 Å². The molecule has 2 fully saturated rings. The van der Waals surface area contributed by atoms with E-state index in [0.717, 1.165) is 6.26 Å². The number of rotatable bonds is 1. The summed E-state index contributed by atoms with van der Waals surface area (Å²) in [6, 6.07) is 0. The first kappa shape index (κ1) is 14.9. The molecule has 0 aromatic carbocycles. The second-order valence-electron chi connectivity index (χ2n) is 3.98. The van der Waals surface area contributed by atoms with Gasteiger partial charge in [-0.15, -0.1) is 0 Å². The normalized spacial score (nSPS) is 31.4. The largest absolute Gasteiger partial charge is 0.463 e. The highest BCUT2D eigenvalue weighted by Gasteiger charge is 2.41. The van der Waals surface area contributed by atoms with Gasteiger partial charge in [-0.1, -0.05) is 0 Å². The number of carbonyl (C=O) groups is 2. The van der Waals surface area contributed by atoms with Crippen molar-refractivity contribution in [3.05, 3.63) is 0 Å². The van der Waals surface area contributed by atoms with Crippen molar-refractivity contribution in [3.63, 3.8) is 0 Å². The Labute approximate surface area is 103 Å². The number of hydrogen-bond acceptors (Lipinski definition) is 8.